The summed E-state index contributed by atoms with van der Waals surface area (Å²) in [5.41, 5.74) is 2.04. The molecule has 3 aromatic carbocycles. The number of allylic oxidation sites excluding steroid dienone is 1. The summed E-state index contributed by atoms with van der Waals surface area (Å²) in [4.78, 5) is 32.4. The largest absolute Gasteiger partial charge is 0.463 e. The van der Waals surface area contributed by atoms with Crippen molar-refractivity contribution in [3.63, 3.8) is 0 Å². The summed E-state index contributed by atoms with van der Waals surface area (Å²) in [5, 5.41) is 2.76. The lowest BCUT2D eigenvalue weighted by Crippen LogP contribution is -2.40. The summed E-state index contributed by atoms with van der Waals surface area (Å²) >= 11 is 13.8. The van der Waals surface area contributed by atoms with E-state index in [1.807, 2.05) is 48.5 Å². The predicted octanol–water partition coefficient (Wildman–Crippen LogP) is 6.52. The van der Waals surface area contributed by atoms with E-state index in [9.17, 15) is 9.59 Å². The minimum atomic E-state index is -0.707. The second-order valence-corrected chi connectivity index (χ2v) is 11.0. The summed E-state index contributed by atoms with van der Waals surface area (Å²) in [6, 6.07) is 21.9. The van der Waals surface area contributed by atoms with Crippen molar-refractivity contribution in [2.45, 2.75) is 19.9 Å². The first-order valence-electron chi connectivity index (χ1n) is 12.6. The van der Waals surface area contributed by atoms with Crippen LogP contribution >= 0.6 is 34.5 Å². The van der Waals surface area contributed by atoms with Gasteiger partial charge in [-0.3, -0.25) is 9.36 Å². The van der Waals surface area contributed by atoms with Gasteiger partial charge in [0.25, 0.3) is 5.56 Å². The smallest absolute Gasteiger partial charge is 0.338 e. The molecular formula is C31H22Cl2N2O4S. The lowest BCUT2D eigenvalue weighted by molar-refractivity contribution is -0.139. The molecule has 1 atom stereocenters. The van der Waals surface area contributed by atoms with E-state index in [0.717, 1.165) is 16.3 Å². The van der Waals surface area contributed by atoms with Gasteiger partial charge in [-0.1, -0.05) is 83.1 Å². The molecule has 0 saturated carbocycles. The normalized spacial score (nSPS) is 15.3. The van der Waals surface area contributed by atoms with Crippen molar-refractivity contribution in [2.24, 2.45) is 4.99 Å². The van der Waals surface area contributed by atoms with Gasteiger partial charge < -0.3 is 9.15 Å². The number of esters is 1. The van der Waals surface area contributed by atoms with Crippen LogP contribution in [-0.4, -0.2) is 17.1 Å². The second-order valence-electron chi connectivity index (χ2n) is 9.17. The summed E-state index contributed by atoms with van der Waals surface area (Å²) in [5.74, 6) is 0.505. The van der Waals surface area contributed by atoms with E-state index in [2.05, 4.69) is 4.99 Å². The maximum atomic E-state index is 14.0. The molecule has 0 saturated heterocycles. The molecule has 0 radical (unpaired) electrons. The number of carbonyl (C=O) groups is 1. The van der Waals surface area contributed by atoms with Crippen molar-refractivity contribution in [3.05, 3.63) is 125 Å². The highest BCUT2D eigenvalue weighted by atomic mass is 35.5. The Morgan fingerprint density at radius 1 is 1.07 bits per heavy atom. The van der Waals surface area contributed by atoms with Gasteiger partial charge in [0.2, 0.25) is 0 Å². The molecule has 0 amide bonds. The third kappa shape index (κ3) is 4.50. The molecule has 0 aliphatic carbocycles. The number of benzene rings is 3. The van der Waals surface area contributed by atoms with E-state index in [1.165, 1.54) is 11.3 Å². The Hall–Kier alpha value is -3.91. The van der Waals surface area contributed by atoms with Crippen LogP contribution < -0.4 is 14.9 Å². The van der Waals surface area contributed by atoms with Crippen LogP contribution in [0.1, 0.15) is 31.2 Å². The Kier molecular flexibility index (Phi) is 6.96. The zero-order valence-electron chi connectivity index (χ0n) is 21.5. The van der Waals surface area contributed by atoms with Crippen molar-refractivity contribution in [3.8, 4) is 11.3 Å². The van der Waals surface area contributed by atoms with Crippen molar-refractivity contribution in [2.75, 3.05) is 6.61 Å². The van der Waals surface area contributed by atoms with E-state index < -0.39 is 12.0 Å². The molecule has 40 heavy (non-hydrogen) atoms. The van der Waals surface area contributed by atoms with Crippen molar-refractivity contribution < 1.29 is 13.9 Å². The molecule has 6 nitrogen and oxygen atoms in total. The predicted molar refractivity (Wildman–Crippen MR) is 159 cm³/mol. The van der Waals surface area contributed by atoms with Crippen LogP contribution in [0.4, 0.5) is 0 Å². The number of thiazole rings is 1. The van der Waals surface area contributed by atoms with Crippen LogP contribution in [-0.2, 0) is 9.53 Å². The van der Waals surface area contributed by atoms with Crippen LogP contribution in [0, 0.1) is 0 Å². The highest BCUT2D eigenvalue weighted by Crippen LogP contribution is 2.36. The van der Waals surface area contributed by atoms with Crippen molar-refractivity contribution in [1.29, 1.82) is 0 Å². The Bertz CT molecular complexity index is 2010. The lowest BCUT2D eigenvalue weighted by Gasteiger charge is -2.25. The highest BCUT2D eigenvalue weighted by Gasteiger charge is 2.34. The quantitative estimate of drug-likeness (QED) is 0.219. The lowest BCUT2D eigenvalue weighted by atomic mass is 9.91. The fraction of sp³-hybridized carbons (Fsp3) is 0.129. The first-order chi connectivity index (χ1) is 19.4. The molecule has 5 aromatic rings. The van der Waals surface area contributed by atoms with Crippen LogP contribution in [0.15, 0.2) is 98.3 Å². The summed E-state index contributed by atoms with van der Waals surface area (Å²) in [6.45, 7) is 3.74. The summed E-state index contributed by atoms with van der Waals surface area (Å²) in [6.07, 6.45) is 1.68. The Morgan fingerprint density at radius 3 is 2.67 bits per heavy atom. The maximum absolute atomic E-state index is 14.0. The van der Waals surface area contributed by atoms with Gasteiger partial charge >= 0.3 is 5.97 Å². The number of fused-ring (bicyclic) bond motifs is 2. The molecule has 0 spiro atoms. The number of carbonyl (C=O) groups excluding carboxylic acids is 1. The molecule has 6 rings (SSSR count). The molecule has 3 heterocycles. The molecule has 0 fully saturated rings. The first kappa shape index (κ1) is 26.3. The highest BCUT2D eigenvalue weighted by molar-refractivity contribution is 7.07. The number of aromatic nitrogens is 1. The number of nitrogens with zero attached hydrogens (tertiary/aromatic N) is 2. The Morgan fingerprint density at radius 2 is 1.85 bits per heavy atom. The van der Waals surface area contributed by atoms with E-state index in [1.54, 1.807) is 48.8 Å². The molecular weight excluding hydrogens is 567 g/mol. The molecule has 1 aliphatic heterocycles. The summed E-state index contributed by atoms with van der Waals surface area (Å²) in [7, 11) is 0. The molecule has 1 aliphatic rings. The van der Waals surface area contributed by atoms with Crippen molar-refractivity contribution >= 4 is 57.4 Å². The third-order valence-electron chi connectivity index (χ3n) is 6.75. The van der Waals surface area contributed by atoms with Gasteiger partial charge in [-0.2, -0.15) is 0 Å². The number of hydrogen-bond acceptors (Lipinski definition) is 6. The van der Waals surface area contributed by atoms with Gasteiger partial charge in [0, 0.05) is 11.6 Å². The Balaban J connectivity index is 1.53. The summed E-state index contributed by atoms with van der Waals surface area (Å²) < 4.78 is 13.4. The van der Waals surface area contributed by atoms with Gasteiger partial charge in [-0.15, -0.1) is 0 Å². The number of ether oxygens (including phenoxy) is 1. The number of halogens is 2. The van der Waals surface area contributed by atoms with E-state index in [0.29, 0.717) is 47.7 Å². The number of rotatable bonds is 5. The molecule has 200 valence electrons. The third-order valence-corrected chi connectivity index (χ3v) is 8.55. The monoisotopic (exact) mass is 588 g/mol. The van der Waals surface area contributed by atoms with E-state index >= 15 is 0 Å². The SMILES string of the molecule is CCOC(=O)C1=C(C)N=c2s/c(=C/c3ccc(-c4cccc(Cl)c4Cl)o3)c(=O)n2[C@@H]1c1cccc2ccccc12. The average Bonchev–Trinajstić information content (AvgIpc) is 3.53. The molecule has 0 N–H and O–H groups in total. The van der Waals surface area contributed by atoms with E-state index in [4.69, 9.17) is 32.4 Å². The van der Waals surface area contributed by atoms with Gasteiger partial charge in [0.05, 0.1) is 38.5 Å². The van der Waals surface area contributed by atoms with Crippen LogP contribution in [0.3, 0.4) is 0 Å². The average molecular weight is 590 g/mol. The Labute approximate surface area is 243 Å². The van der Waals surface area contributed by atoms with Crippen LogP contribution in [0.25, 0.3) is 28.2 Å². The molecule has 2 aromatic heterocycles. The second kappa shape index (κ2) is 10.6. The van der Waals surface area contributed by atoms with Crippen LogP contribution in [0.2, 0.25) is 10.0 Å². The minimum Gasteiger partial charge on any atom is -0.463 e. The molecule has 9 heteroatoms. The number of furan rings is 1. The fourth-order valence-corrected chi connectivity index (χ4v) is 6.39. The van der Waals surface area contributed by atoms with Gasteiger partial charge in [0.15, 0.2) is 4.80 Å². The number of hydrogen-bond donors (Lipinski definition) is 0. The van der Waals surface area contributed by atoms with E-state index in [-0.39, 0.29) is 12.2 Å². The van der Waals surface area contributed by atoms with Gasteiger partial charge in [-0.25, -0.2) is 9.79 Å². The fourth-order valence-electron chi connectivity index (χ4n) is 4.97. The topological polar surface area (TPSA) is 73.8 Å². The molecule has 0 unspecified atom stereocenters. The minimum absolute atomic E-state index is 0.208. The zero-order chi connectivity index (χ0) is 28.0. The van der Waals surface area contributed by atoms with Gasteiger partial charge in [-0.05, 0) is 54.4 Å². The maximum Gasteiger partial charge on any atom is 0.338 e. The zero-order valence-corrected chi connectivity index (χ0v) is 23.8. The van der Waals surface area contributed by atoms with Crippen molar-refractivity contribution in [1.82, 2.24) is 4.57 Å². The van der Waals surface area contributed by atoms with Gasteiger partial charge in [0.1, 0.15) is 11.5 Å². The molecule has 0 bridgehead atoms. The van der Waals surface area contributed by atoms with Crippen LogP contribution in [0.5, 0.6) is 0 Å². The first-order valence-corrected chi connectivity index (χ1v) is 14.2. The standard InChI is InChI=1S/C31H22Cl2N2O4S/c1-3-38-30(37)26-17(2)34-31-35(28(26)21-11-6-9-18-8-4-5-10-20(18)21)29(36)25(40-31)16-19-14-15-24(39-19)22-12-7-13-23(32)27(22)33/h4-16,28H,3H2,1-2H3/b25-16+/t28-/m1/s1.